The highest BCUT2D eigenvalue weighted by Crippen LogP contribution is 2.20. The van der Waals surface area contributed by atoms with E-state index in [2.05, 4.69) is 57.8 Å². The Hall–Kier alpha value is -1.54. The van der Waals surface area contributed by atoms with Gasteiger partial charge in [-0.15, -0.1) is 24.0 Å². The molecule has 6 heteroatoms. The fraction of sp³-hybridized carbons (Fsp3) is 0.476. The van der Waals surface area contributed by atoms with E-state index in [1.807, 2.05) is 26.1 Å². The van der Waals surface area contributed by atoms with Gasteiger partial charge in [0, 0.05) is 26.2 Å². The molecule has 1 saturated heterocycles. The first-order valence-electron chi connectivity index (χ1n) is 9.47. The van der Waals surface area contributed by atoms with Crippen LogP contribution in [0.25, 0.3) is 0 Å². The summed E-state index contributed by atoms with van der Waals surface area (Å²) in [5, 5.41) is 6.90. The third-order valence-electron chi connectivity index (χ3n) is 5.00. The molecular weight excluding hydrogens is 451 g/mol. The molecule has 1 aliphatic heterocycles. The van der Waals surface area contributed by atoms with Crippen LogP contribution in [-0.2, 0) is 6.54 Å². The molecule has 27 heavy (non-hydrogen) atoms. The van der Waals surface area contributed by atoms with E-state index >= 15 is 0 Å². The lowest BCUT2D eigenvalue weighted by molar-refractivity contribution is 0.245. The van der Waals surface area contributed by atoms with Crippen molar-refractivity contribution in [3.8, 4) is 0 Å². The van der Waals surface area contributed by atoms with E-state index in [1.54, 1.807) is 0 Å². The number of halogens is 1. The van der Waals surface area contributed by atoms with Crippen molar-refractivity contribution in [2.75, 3.05) is 20.1 Å². The number of furan rings is 1. The van der Waals surface area contributed by atoms with Gasteiger partial charge in [-0.3, -0.25) is 9.89 Å². The second kappa shape index (κ2) is 10.7. The topological polar surface area (TPSA) is 52.8 Å². The second-order valence-electron chi connectivity index (χ2n) is 7.02. The van der Waals surface area contributed by atoms with Crippen molar-refractivity contribution in [3.05, 3.63) is 59.5 Å². The van der Waals surface area contributed by atoms with Crippen LogP contribution in [-0.4, -0.2) is 37.0 Å². The molecule has 2 aromatic rings. The van der Waals surface area contributed by atoms with E-state index in [0.29, 0.717) is 6.04 Å². The molecule has 0 amide bonds. The molecule has 148 valence electrons. The van der Waals surface area contributed by atoms with E-state index in [9.17, 15) is 0 Å². The van der Waals surface area contributed by atoms with E-state index in [1.165, 1.54) is 18.4 Å². The Labute approximate surface area is 179 Å². The van der Waals surface area contributed by atoms with Crippen LogP contribution in [0.4, 0.5) is 0 Å². The monoisotopic (exact) mass is 482 g/mol. The maximum atomic E-state index is 5.70. The summed E-state index contributed by atoms with van der Waals surface area (Å²) in [6, 6.07) is 15.3. The zero-order valence-electron chi connectivity index (χ0n) is 16.4. The van der Waals surface area contributed by atoms with Gasteiger partial charge in [-0.05, 0) is 50.9 Å². The smallest absolute Gasteiger partial charge is 0.191 e. The van der Waals surface area contributed by atoms with Crippen LogP contribution in [0.3, 0.4) is 0 Å². The molecule has 0 spiro atoms. The minimum absolute atomic E-state index is 0. The highest BCUT2D eigenvalue weighted by atomic mass is 127. The first-order chi connectivity index (χ1) is 12.7. The third-order valence-corrected chi connectivity index (χ3v) is 5.00. The first kappa shape index (κ1) is 21.8. The van der Waals surface area contributed by atoms with E-state index < -0.39 is 0 Å². The van der Waals surface area contributed by atoms with E-state index in [0.717, 1.165) is 37.1 Å². The fourth-order valence-electron chi connectivity index (χ4n) is 3.52. The molecule has 2 unspecified atom stereocenters. The van der Waals surface area contributed by atoms with Gasteiger partial charge in [-0.25, -0.2) is 0 Å². The molecule has 0 bridgehead atoms. The Morgan fingerprint density at radius 1 is 1.26 bits per heavy atom. The lowest BCUT2D eigenvalue weighted by Crippen LogP contribution is -2.45. The lowest BCUT2D eigenvalue weighted by Gasteiger charge is -2.26. The van der Waals surface area contributed by atoms with Gasteiger partial charge in [0.1, 0.15) is 11.5 Å². The summed E-state index contributed by atoms with van der Waals surface area (Å²) in [6.07, 6.45) is 2.48. The van der Waals surface area contributed by atoms with Crippen molar-refractivity contribution >= 4 is 29.9 Å². The van der Waals surface area contributed by atoms with Crippen LogP contribution < -0.4 is 10.6 Å². The largest absolute Gasteiger partial charge is 0.464 e. The molecule has 1 aromatic heterocycles. The molecule has 5 nitrogen and oxygen atoms in total. The van der Waals surface area contributed by atoms with Crippen molar-refractivity contribution in [1.82, 2.24) is 15.5 Å². The average Bonchev–Trinajstić information content (AvgIpc) is 3.28. The SMILES string of the molecule is CN=C(NCC1CCCN1Cc1ccccc1)NC(C)c1ccc(C)o1.I. The molecular formula is C21H31IN4O. The Balaban J connectivity index is 0.00000261. The zero-order valence-corrected chi connectivity index (χ0v) is 18.8. The molecule has 1 aromatic carbocycles. The Morgan fingerprint density at radius 3 is 2.70 bits per heavy atom. The highest BCUT2D eigenvalue weighted by Gasteiger charge is 2.24. The quantitative estimate of drug-likeness (QED) is 0.370. The van der Waals surface area contributed by atoms with Gasteiger partial charge in [0.05, 0.1) is 6.04 Å². The minimum Gasteiger partial charge on any atom is -0.464 e. The third kappa shape index (κ3) is 6.24. The van der Waals surface area contributed by atoms with Crippen LogP contribution in [0.1, 0.15) is 42.9 Å². The number of nitrogens with one attached hydrogen (secondary N) is 2. The second-order valence-corrected chi connectivity index (χ2v) is 7.02. The van der Waals surface area contributed by atoms with Gasteiger partial charge in [0.2, 0.25) is 0 Å². The van der Waals surface area contributed by atoms with E-state index in [4.69, 9.17) is 4.42 Å². The molecule has 0 radical (unpaired) electrons. The number of aliphatic imine (C=N–C) groups is 1. The minimum atomic E-state index is 0. The van der Waals surface area contributed by atoms with Crippen molar-refractivity contribution in [2.24, 2.45) is 4.99 Å². The maximum Gasteiger partial charge on any atom is 0.191 e. The zero-order chi connectivity index (χ0) is 18.4. The standard InChI is InChI=1S/C21H30N4O.HI/c1-16-11-12-20(26-16)17(2)24-21(22-3)23-14-19-10-7-13-25(19)15-18-8-5-4-6-9-18;/h4-6,8-9,11-12,17,19H,7,10,13-15H2,1-3H3,(H2,22,23,24);1H. The number of aryl methyl sites for hydroxylation is 1. The van der Waals surface area contributed by atoms with Gasteiger partial charge in [-0.2, -0.15) is 0 Å². The van der Waals surface area contributed by atoms with Crippen LogP contribution in [0.5, 0.6) is 0 Å². The Morgan fingerprint density at radius 2 is 2.04 bits per heavy atom. The van der Waals surface area contributed by atoms with Crippen LogP contribution in [0, 0.1) is 6.92 Å². The van der Waals surface area contributed by atoms with Gasteiger partial charge in [0.15, 0.2) is 5.96 Å². The summed E-state index contributed by atoms with van der Waals surface area (Å²) in [5.41, 5.74) is 1.38. The van der Waals surface area contributed by atoms with Gasteiger partial charge in [0.25, 0.3) is 0 Å². The molecule has 0 saturated carbocycles. The van der Waals surface area contributed by atoms with Crippen molar-refractivity contribution in [1.29, 1.82) is 0 Å². The lowest BCUT2D eigenvalue weighted by atomic mass is 10.2. The predicted molar refractivity (Wildman–Crippen MR) is 122 cm³/mol. The first-order valence-corrected chi connectivity index (χ1v) is 9.47. The fourth-order valence-corrected chi connectivity index (χ4v) is 3.52. The summed E-state index contributed by atoms with van der Waals surface area (Å²) in [4.78, 5) is 6.93. The maximum absolute atomic E-state index is 5.70. The Kier molecular flexibility index (Phi) is 8.63. The number of hydrogen-bond donors (Lipinski definition) is 2. The highest BCUT2D eigenvalue weighted by molar-refractivity contribution is 14.0. The predicted octanol–water partition coefficient (Wildman–Crippen LogP) is 4.10. The van der Waals surface area contributed by atoms with Crippen molar-refractivity contribution in [3.63, 3.8) is 0 Å². The summed E-state index contributed by atoms with van der Waals surface area (Å²) in [5.74, 6) is 2.68. The van der Waals surface area contributed by atoms with Gasteiger partial charge < -0.3 is 15.1 Å². The van der Waals surface area contributed by atoms with Gasteiger partial charge in [-0.1, -0.05) is 30.3 Å². The number of benzene rings is 1. The average molecular weight is 482 g/mol. The summed E-state index contributed by atoms with van der Waals surface area (Å²) in [7, 11) is 1.81. The molecule has 3 rings (SSSR count). The van der Waals surface area contributed by atoms with Crippen LogP contribution in [0.2, 0.25) is 0 Å². The molecule has 0 aliphatic carbocycles. The molecule has 1 aliphatic rings. The summed E-state index contributed by atoms with van der Waals surface area (Å²) >= 11 is 0. The number of rotatable bonds is 6. The van der Waals surface area contributed by atoms with Crippen molar-refractivity contribution < 1.29 is 4.42 Å². The number of likely N-dealkylation sites (tertiary alicyclic amines) is 1. The molecule has 2 N–H and O–H groups in total. The number of guanidine groups is 1. The summed E-state index contributed by atoms with van der Waals surface area (Å²) < 4.78 is 5.70. The van der Waals surface area contributed by atoms with Crippen LogP contribution >= 0.6 is 24.0 Å². The normalized spacial score (nSPS) is 18.8. The number of hydrogen-bond acceptors (Lipinski definition) is 3. The number of nitrogens with zero attached hydrogens (tertiary/aromatic N) is 2. The summed E-state index contributed by atoms with van der Waals surface area (Å²) in [6.45, 7) is 7.13. The molecule has 2 heterocycles. The van der Waals surface area contributed by atoms with Crippen molar-refractivity contribution in [2.45, 2.75) is 45.3 Å². The van der Waals surface area contributed by atoms with Crippen LogP contribution in [0.15, 0.2) is 51.9 Å². The van der Waals surface area contributed by atoms with E-state index in [-0.39, 0.29) is 30.0 Å². The molecule has 2 atom stereocenters. The van der Waals surface area contributed by atoms with Gasteiger partial charge >= 0.3 is 0 Å². The Bertz CT molecular complexity index is 716. The molecule has 1 fully saturated rings.